The molecule has 0 bridgehead atoms. The van der Waals surface area contributed by atoms with Crippen molar-refractivity contribution in [3.63, 3.8) is 0 Å². The normalized spacial score (nSPS) is 25.9. The van der Waals surface area contributed by atoms with E-state index in [9.17, 15) is 4.79 Å². The molecule has 23 heavy (non-hydrogen) atoms. The molecule has 3 rings (SSSR count). The van der Waals surface area contributed by atoms with Crippen LogP contribution in [0.1, 0.15) is 51.9 Å². The molecule has 2 aromatic rings. The van der Waals surface area contributed by atoms with E-state index in [1.807, 2.05) is 6.33 Å². The van der Waals surface area contributed by atoms with Crippen LogP contribution in [0.15, 0.2) is 29.0 Å². The molecule has 0 aliphatic heterocycles. The zero-order valence-electron chi connectivity index (χ0n) is 13.5. The Hall–Kier alpha value is -1.36. The van der Waals surface area contributed by atoms with Crippen molar-refractivity contribution in [1.82, 2.24) is 9.55 Å². The minimum atomic E-state index is -0.662. The number of halogens is 1. The number of hydrogen-bond acceptors (Lipinski definition) is 2. The molecule has 1 aromatic carbocycles. The van der Waals surface area contributed by atoms with E-state index in [1.165, 1.54) is 5.52 Å². The SMILES string of the molecule is CC1(n2cnc3cc(Br)ccc32)CCCC(CC(=O)O)CCC1. The van der Waals surface area contributed by atoms with Gasteiger partial charge in [0.1, 0.15) is 0 Å². The summed E-state index contributed by atoms with van der Waals surface area (Å²) in [5, 5.41) is 9.01. The Morgan fingerprint density at radius 2 is 2.09 bits per heavy atom. The first-order valence-electron chi connectivity index (χ1n) is 8.33. The van der Waals surface area contributed by atoms with Crippen molar-refractivity contribution in [3.05, 3.63) is 29.0 Å². The Kier molecular flexibility index (Phi) is 4.76. The third kappa shape index (κ3) is 3.60. The second kappa shape index (κ2) is 6.63. The summed E-state index contributed by atoms with van der Waals surface area (Å²) in [6.07, 6.45) is 8.61. The van der Waals surface area contributed by atoms with Gasteiger partial charge in [0.25, 0.3) is 0 Å². The van der Waals surface area contributed by atoms with Crippen LogP contribution in [0.2, 0.25) is 0 Å². The van der Waals surface area contributed by atoms with Gasteiger partial charge in [0, 0.05) is 16.4 Å². The number of rotatable bonds is 3. The van der Waals surface area contributed by atoms with Gasteiger partial charge in [-0.2, -0.15) is 0 Å². The summed E-state index contributed by atoms with van der Waals surface area (Å²) in [6.45, 7) is 2.31. The highest BCUT2D eigenvalue weighted by Gasteiger charge is 2.30. The number of carboxylic acids is 1. The fraction of sp³-hybridized carbons (Fsp3) is 0.556. The van der Waals surface area contributed by atoms with Crippen molar-refractivity contribution in [2.24, 2.45) is 5.92 Å². The van der Waals surface area contributed by atoms with Crippen LogP contribution in [0.3, 0.4) is 0 Å². The number of hydrogen-bond donors (Lipinski definition) is 1. The first-order valence-corrected chi connectivity index (χ1v) is 9.12. The second-order valence-electron chi connectivity index (χ2n) is 6.99. The number of imidazole rings is 1. The van der Waals surface area contributed by atoms with Crippen molar-refractivity contribution < 1.29 is 9.90 Å². The third-order valence-electron chi connectivity index (χ3n) is 5.21. The molecular weight excluding hydrogens is 356 g/mol. The average molecular weight is 379 g/mol. The molecule has 1 saturated carbocycles. The molecular formula is C18H23BrN2O2. The van der Waals surface area contributed by atoms with Gasteiger partial charge in [-0.05, 0) is 56.7 Å². The molecule has 1 heterocycles. The van der Waals surface area contributed by atoms with Crippen molar-refractivity contribution >= 4 is 32.9 Å². The monoisotopic (exact) mass is 378 g/mol. The van der Waals surface area contributed by atoms with E-state index in [0.29, 0.717) is 12.3 Å². The van der Waals surface area contributed by atoms with Crippen LogP contribution >= 0.6 is 15.9 Å². The molecule has 5 heteroatoms. The summed E-state index contributed by atoms with van der Waals surface area (Å²) in [4.78, 5) is 15.5. The lowest BCUT2D eigenvalue weighted by atomic mass is 9.80. The zero-order valence-corrected chi connectivity index (χ0v) is 15.1. The van der Waals surface area contributed by atoms with Crippen LogP contribution in [0.5, 0.6) is 0 Å². The Morgan fingerprint density at radius 1 is 1.39 bits per heavy atom. The largest absolute Gasteiger partial charge is 0.481 e. The maximum atomic E-state index is 10.9. The average Bonchev–Trinajstić information content (AvgIpc) is 2.88. The number of benzene rings is 1. The van der Waals surface area contributed by atoms with Crippen LogP contribution in [0.4, 0.5) is 0 Å². The van der Waals surface area contributed by atoms with Gasteiger partial charge in [-0.25, -0.2) is 4.98 Å². The standard InChI is InChI=1S/C18H23BrN2O2/c1-18(8-2-4-13(5-3-9-18)10-17(22)23)21-12-20-15-11-14(19)6-7-16(15)21/h6-7,11-13H,2-5,8-10H2,1H3,(H,22,23). The highest BCUT2D eigenvalue weighted by molar-refractivity contribution is 9.10. The zero-order chi connectivity index (χ0) is 16.4. The van der Waals surface area contributed by atoms with Crippen LogP contribution < -0.4 is 0 Å². The van der Waals surface area contributed by atoms with Crippen LogP contribution in [0.25, 0.3) is 11.0 Å². The first-order chi connectivity index (χ1) is 11.0. The Morgan fingerprint density at radius 3 is 2.74 bits per heavy atom. The van der Waals surface area contributed by atoms with E-state index in [1.54, 1.807) is 0 Å². The molecule has 1 N–H and O–H groups in total. The van der Waals surface area contributed by atoms with E-state index in [4.69, 9.17) is 5.11 Å². The predicted octanol–water partition coefficient (Wildman–Crippen LogP) is 4.96. The molecule has 0 saturated heterocycles. The molecule has 0 radical (unpaired) electrons. The summed E-state index contributed by atoms with van der Waals surface area (Å²) in [7, 11) is 0. The maximum Gasteiger partial charge on any atom is 0.303 e. The van der Waals surface area contributed by atoms with Crippen LogP contribution in [-0.4, -0.2) is 20.6 Å². The Labute approximate surface area is 145 Å². The highest BCUT2D eigenvalue weighted by atomic mass is 79.9. The number of aromatic nitrogens is 2. The van der Waals surface area contributed by atoms with Gasteiger partial charge in [-0.15, -0.1) is 0 Å². The lowest BCUT2D eigenvalue weighted by Crippen LogP contribution is -2.31. The van der Waals surface area contributed by atoms with Crippen LogP contribution in [-0.2, 0) is 10.3 Å². The van der Waals surface area contributed by atoms with E-state index >= 15 is 0 Å². The number of carboxylic acid groups (broad SMARTS) is 1. The number of nitrogens with zero attached hydrogens (tertiary/aromatic N) is 2. The van der Waals surface area contributed by atoms with Crippen molar-refractivity contribution in [3.8, 4) is 0 Å². The second-order valence-corrected chi connectivity index (χ2v) is 7.91. The third-order valence-corrected chi connectivity index (χ3v) is 5.70. The van der Waals surface area contributed by atoms with E-state index in [2.05, 4.69) is 50.6 Å². The van der Waals surface area contributed by atoms with Crippen LogP contribution in [0, 0.1) is 5.92 Å². The van der Waals surface area contributed by atoms with E-state index < -0.39 is 5.97 Å². The molecule has 1 aromatic heterocycles. The summed E-state index contributed by atoms with van der Waals surface area (Å²) < 4.78 is 3.38. The summed E-state index contributed by atoms with van der Waals surface area (Å²) in [6, 6.07) is 6.25. The number of fused-ring (bicyclic) bond motifs is 1. The minimum absolute atomic E-state index is 0.0662. The number of aliphatic carboxylic acids is 1. The lowest BCUT2D eigenvalue weighted by Gasteiger charge is -2.35. The summed E-state index contributed by atoms with van der Waals surface area (Å²) in [5.74, 6) is -0.322. The Balaban J connectivity index is 1.80. The highest BCUT2D eigenvalue weighted by Crippen LogP contribution is 2.37. The molecule has 4 nitrogen and oxygen atoms in total. The molecule has 124 valence electrons. The van der Waals surface area contributed by atoms with Crippen molar-refractivity contribution in [1.29, 1.82) is 0 Å². The molecule has 0 unspecified atom stereocenters. The quantitative estimate of drug-likeness (QED) is 0.820. The molecule has 0 atom stereocenters. The lowest BCUT2D eigenvalue weighted by molar-refractivity contribution is -0.138. The fourth-order valence-electron chi connectivity index (χ4n) is 3.92. The van der Waals surface area contributed by atoms with Gasteiger partial charge < -0.3 is 9.67 Å². The topological polar surface area (TPSA) is 55.1 Å². The van der Waals surface area contributed by atoms with Gasteiger partial charge in [-0.3, -0.25) is 4.79 Å². The number of carbonyl (C=O) groups is 1. The van der Waals surface area contributed by atoms with Gasteiger partial charge in [0.05, 0.1) is 17.4 Å². The predicted molar refractivity (Wildman–Crippen MR) is 94.5 cm³/mol. The molecule has 1 aliphatic rings. The molecule has 1 fully saturated rings. The first kappa shape index (κ1) is 16.5. The smallest absolute Gasteiger partial charge is 0.303 e. The Bertz CT molecular complexity index is 700. The van der Waals surface area contributed by atoms with Crippen molar-refractivity contribution in [2.45, 2.75) is 57.4 Å². The maximum absolute atomic E-state index is 10.9. The fourth-order valence-corrected chi connectivity index (χ4v) is 4.27. The van der Waals surface area contributed by atoms with Gasteiger partial charge in [-0.1, -0.05) is 28.8 Å². The van der Waals surface area contributed by atoms with E-state index in [-0.39, 0.29) is 5.54 Å². The molecule has 0 spiro atoms. The van der Waals surface area contributed by atoms with Gasteiger partial charge in [0.2, 0.25) is 0 Å². The van der Waals surface area contributed by atoms with Gasteiger partial charge in [0.15, 0.2) is 0 Å². The molecule has 0 amide bonds. The van der Waals surface area contributed by atoms with Gasteiger partial charge >= 0.3 is 5.97 Å². The summed E-state index contributed by atoms with van der Waals surface area (Å²) in [5.41, 5.74) is 2.27. The summed E-state index contributed by atoms with van der Waals surface area (Å²) >= 11 is 3.50. The van der Waals surface area contributed by atoms with E-state index in [0.717, 1.165) is 48.5 Å². The minimum Gasteiger partial charge on any atom is -0.481 e. The molecule has 1 aliphatic carbocycles. The van der Waals surface area contributed by atoms with Crippen molar-refractivity contribution in [2.75, 3.05) is 0 Å².